The van der Waals surface area contributed by atoms with E-state index < -0.39 is 0 Å². The Kier molecular flexibility index (Phi) is 2.90. The molecule has 0 unspecified atom stereocenters. The van der Waals surface area contributed by atoms with Crippen molar-refractivity contribution in [3.63, 3.8) is 0 Å². The molecule has 9 heteroatoms. The van der Waals surface area contributed by atoms with E-state index >= 15 is 0 Å². The van der Waals surface area contributed by atoms with Crippen LogP contribution in [0.2, 0.25) is 0 Å². The molecule has 3 N–H and O–H groups in total. The van der Waals surface area contributed by atoms with Crippen molar-refractivity contribution in [1.82, 2.24) is 29.7 Å². The molecular weight excluding hydrogens is 296 g/mol. The second-order valence-corrected chi connectivity index (χ2v) is 4.91. The third-order valence-electron chi connectivity index (χ3n) is 3.42. The van der Waals surface area contributed by atoms with Crippen LogP contribution >= 0.6 is 0 Å². The molecule has 0 aromatic carbocycles. The highest BCUT2D eigenvalue weighted by molar-refractivity contribution is 5.70. The lowest BCUT2D eigenvalue weighted by atomic mass is 10.2. The number of pyridine rings is 1. The highest BCUT2D eigenvalue weighted by Crippen LogP contribution is 2.26. The van der Waals surface area contributed by atoms with Gasteiger partial charge in [-0.25, -0.2) is 14.6 Å². The molecular formula is C14H12N8O. The number of aryl methyl sites for hydroxylation is 1. The third kappa shape index (κ3) is 2.24. The molecule has 114 valence electrons. The van der Waals surface area contributed by atoms with Crippen molar-refractivity contribution >= 4 is 23.0 Å². The zero-order chi connectivity index (χ0) is 15.8. The fourth-order valence-electron chi connectivity index (χ4n) is 2.31. The topological polar surface area (TPSA) is 120 Å². The van der Waals surface area contributed by atoms with E-state index in [4.69, 9.17) is 5.73 Å². The number of hydrogen-bond donors (Lipinski definition) is 2. The summed E-state index contributed by atoms with van der Waals surface area (Å²) in [6, 6.07) is 3.76. The Bertz CT molecular complexity index is 975. The van der Waals surface area contributed by atoms with E-state index in [9.17, 15) is 0 Å². The van der Waals surface area contributed by atoms with Gasteiger partial charge in [-0.3, -0.25) is 9.38 Å². The van der Waals surface area contributed by atoms with Crippen molar-refractivity contribution in [2.75, 3.05) is 11.1 Å². The van der Waals surface area contributed by atoms with Crippen LogP contribution < -0.4 is 11.1 Å². The van der Waals surface area contributed by atoms with Crippen LogP contribution in [0.5, 0.6) is 0 Å². The second kappa shape index (κ2) is 5.05. The molecule has 4 aromatic heterocycles. The average Bonchev–Trinajstić information content (AvgIpc) is 3.12. The Hall–Kier alpha value is -3.49. The molecule has 0 spiro atoms. The van der Waals surface area contributed by atoms with E-state index in [-0.39, 0.29) is 5.82 Å². The molecule has 0 aliphatic heterocycles. The Morgan fingerprint density at radius 3 is 2.87 bits per heavy atom. The van der Waals surface area contributed by atoms with Crippen molar-refractivity contribution in [3.8, 4) is 11.4 Å². The van der Waals surface area contributed by atoms with Crippen LogP contribution in [0.25, 0.3) is 17.0 Å². The van der Waals surface area contributed by atoms with Gasteiger partial charge in [0.1, 0.15) is 11.5 Å². The number of nitrogen functional groups attached to an aromatic ring is 1. The van der Waals surface area contributed by atoms with Gasteiger partial charge in [0.2, 0.25) is 0 Å². The van der Waals surface area contributed by atoms with Crippen molar-refractivity contribution in [1.29, 1.82) is 0 Å². The van der Waals surface area contributed by atoms with Crippen LogP contribution in [0.4, 0.5) is 17.3 Å². The smallest absolute Gasteiger partial charge is 0.198 e. The minimum Gasteiger partial charge on any atom is -0.379 e. The molecule has 0 saturated carbocycles. The molecule has 4 heterocycles. The van der Waals surface area contributed by atoms with Crippen LogP contribution in [0, 0.1) is 6.92 Å². The zero-order valence-electron chi connectivity index (χ0n) is 12.1. The summed E-state index contributed by atoms with van der Waals surface area (Å²) in [5, 5.41) is 10.6. The van der Waals surface area contributed by atoms with E-state index in [0.717, 1.165) is 11.4 Å². The van der Waals surface area contributed by atoms with Crippen LogP contribution in [0.15, 0.2) is 41.5 Å². The summed E-state index contributed by atoms with van der Waals surface area (Å²) in [4.78, 5) is 12.9. The van der Waals surface area contributed by atoms with Gasteiger partial charge in [0.15, 0.2) is 17.2 Å². The van der Waals surface area contributed by atoms with Gasteiger partial charge in [0.25, 0.3) is 0 Å². The third-order valence-corrected chi connectivity index (χ3v) is 3.42. The number of fused-ring (bicyclic) bond motifs is 1. The standard InChI is InChI=1S/C14H12N8O/c1-8-12(13-14(15)21-23-20-13)19-11-6-17-10(7-22(8)11)18-9-3-2-4-16-5-9/h2-7,18H,1H3,(H2,15,21). The van der Waals surface area contributed by atoms with Gasteiger partial charge in [-0.05, 0) is 29.4 Å². The number of nitrogens with zero attached hydrogens (tertiary/aromatic N) is 6. The summed E-state index contributed by atoms with van der Waals surface area (Å²) in [5.41, 5.74) is 9.17. The van der Waals surface area contributed by atoms with Gasteiger partial charge in [0, 0.05) is 11.9 Å². The van der Waals surface area contributed by atoms with Crippen LogP contribution in [0.3, 0.4) is 0 Å². The number of nitrogens with one attached hydrogen (secondary N) is 1. The zero-order valence-corrected chi connectivity index (χ0v) is 12.1. The van der Waals surface area contributed by atoms with Gasteiger partial charge < -0.3 is 11.1 Å². The van der Waals surface area contributed by atoms with Gasteiger partial charge >= 0.3 is 0 Å². The fraction of sp³-hybridized carbons (Fsp3) is 0.0714. The van der Waals surface area contributed by atoms with Crippen LogP contribution in [0.1, 0.15) is 5.69 Å². The number of imidazole rings is 1. The van der Waals surface area contributed by atoms with E-state index in [2.05, 4.69) is 35.2 Å². The lowest BCUT2D eigenvalue weighted by molar-refractivity contribution is 0.310. The Morgan fingerprint density at radius 2 is 2.13 bits per heavy atom. The number of nitrogens with two attached hydrogens (primary N) is 1. The Labute approximate surface area is 130 Å². The first kappa shape index (κ1) is 13.2. The first-order valence-corrected chi connectivity index (χ1v) is 6.82. The molecule has 0 radical (unpaired) electrons. The molecule has 23 heavy (non-hydrogen) atoms. The van der Waals surface area contributed by atoms with Crippen molar-refractivity contribution in [3.05, 3.63) is 42.6 Å². The molecule has 0 aliphatic carbocycles. The maximum absolute atomic E-state index is 5.74. The molecule has 0 saturated heterocycles. The molecule has 0 fully saturated rings. The second-order valence-electron chi connectivity index (χ2n) is 4.91. The lowest BCUT2D eigenvalue weighted by Gasteiger charge is -2.05. The molecule has 0 amide bonds. The van der Waals surface area contributed by atoms with Crippen LogP contribution in [-0.2, 0) is 0 Å². The number of aromatic nitrogens is 6. The van der Waals surface area contributed by atoms with Gasteiger partial charge in [-0.15, -0.1) is 0 Å². The molecule has 0 aliphatic rings. The molecule has 4 rings (SSSR count). The molecule has 4 aromatic rings. The molecule has 0 atom stereocenters. The highest BCUT2D eigenvalue weighted by Gasteiger charge is 2.17. The fourth-order valence-corrected chi connectivity index (χ4v) is 2.31. The summed E-state index contributed by atoms with van der Waals surface area (Å²) in [6.45, 7) is 1.91. The van der Waals surface area contributed by atoms with E-state index in [1.165, 1.54) is 0 Å². The molecule has 9 nitrogen and oxygen atoms in total. The van der Waals surface area contributed by atoms with Crippen molar-refractivity contribution in [2.45, 2.75) is 6.92 Å². The first-order chi connectivity index (χ1) is 11.2. The van der Waals surface area contributed by atoms with Gasteiger partial charge in [-0.2, -0.15) is 0 Å². The maximum atomic E-state index is 5.74. The SMILES string of the molecule is Cc1c(-c2nonc2N)nc2cnc(Nc3cccnc3)cn12. The number of hydrogen-bond acceptors (Lipinski definition) is 8. The van der Waals surface area contributed by atoms with E-state index in [1.807, 2.05) is 29.7 Å². The summed E-state index contributed by atoms with van der Waals surface area (Å²) < 4.78 is 6.54. The predicted molar refractivity (Wildman–Crippen MR) is 82.9 cm³/mol. The van der Waals surface area contributed by atoms with Crippen LogP contribution in [-0.4, -0.2) is 29.7 Å². The number of rotatable bonds is 3. The monoisotopic (exact) mass is 308 g/mol. The normalized spacial score (nSPS) is 11.0. The van der Waals surface area contributed by atoms with Gasteiger partial charge in [0.05, 0.1) is 24.3 Å². The van der Waals surface area contributed by atoms with E-state index in [0.29, 0.717) is 22.9 Å². The largest absolute Gasteiger partial charge is 0.379 e. The quantitative estimate of drug-likeness (QED) is 0.588. The molecule has 0 bridgehead atoms. The number of anilines is 3. The lowest BCUT2D eigenvalue weighted by Crippen LogP contribution is -1.97. The maximum Gasteiger partial charge on any atom is 0.198 e. The minimum atomic E-state index is 0.207. The summed E-state index contributed by atoms with van der Waals surface area (Å²) in [5.74, 6) is 0.877. The Balaban J connectivity index is 1.77. The summed E-state index contributed by atoms with van der Waals surface area (Å²) in [6.07, 6.45) is 6.95. The Morgan fingerprint density at radius 1 is 1.22 bits per heavy atom. The van der Waals surface area contributed by atoms with Gasteiger partial charge in [-0.1, -0.05) is 0 Å². The van der Waals surface area contributed by atoms with Crippen molar-refractivity contribution < 1.29 is 4.63 Å². The minimum absolute atomic E-state index is 0.207. The summed E-state index contributed by atoms with van der Waals surface area (Å²) in [7, 11) is 0. The van der Waals surface area contributed by atoms with E-state index in [1.54, 1.807) is 18.6 Å². The highest BCUT2D eigenvalue weighted by atomic mass is 16.6. The first-order valence-electron chi connectivity index (χ1n) is 6.82. The predicted octanol–water partition coefficient (Wildman–Crippen LogP) is 1.81. The summed E-state index contributed by atoms with van der Waals surface area (Å²) >= 11 is 0. The van der Waals surface area contributed by atoms with Crippen molar-refractivity contribution in [2.24, 2.45) is 0 Å². The average molecular weight is 308 g/mol.